The van der Waals surface area contributed by atoms with Crippen molar-refractivity contribution in [2.24, 2.45) is 18.9 Å². The second-order valence-electron chi connectivity index (χ2n) is 9.16. The number of aryl methyl sites for hydroxylation is 1. The van der Waals surface area contributed by atoms with E-state index in [0.29, 0.717) is 25.1 Å². The highest BCUT2D eigenvalue weighted by molar-refractivity contribution is 5.94. The van der Waals surface area contributed by atoms with Crippen LogP contribution >= 0.6 is 0 Å². The number of pyridine rings is 1. The van der Waals surface area contributed by atoms with Crippen LogP contribution in [0.4, 0.5) is 14.6 Å². The van der Waals surface area contributed by atoms with Gasteiger partial charge in [-0.25, -0.2) is 18.7 Å². The molecule has 2 unspecified atom stereocenters. The zero-order chi connectivity index (χ0) is 22.0. The fourth-order valence-corrected chi connectivity index (χ4v) is 5.17. The van der Waals surface area contributed by atoms with E-state index in [1.54, 1.807) is 18.7 Å². The monoisotopic (exact) mass is 438 g/mol. The van der Waals surface area contributed by atoms with E-state index in [4.69, 9.17) is 0 Å². The third kappa shape index (κ3) is 3.10. The highest BCUT2D eigenvalue weighted by Crippen LogP contribution is 2.59. The standard InChI is InChI=1S/C23H24F2N6O/c1-30-12-28-21-18(3-4-19(21)30)29-22(32)14-7-15(26-9-14)6-13-2-5-20(27-8-13)31-10-16-17(11-31)23(16,24)25/h2,5,7-9,12,16-18,26H,3-4,6,10-11H2,1H3,(H,29,32)/t16?,17?,18-/m1/s1. The van der Waals surface area contributed by atoms with E-state index in [2.05, 4.69) is 20.3 Å². The van der Waals surface area contributed by atoms with Crippen LogP contribution in [-0.4, -0.2) is 44.4 Å². The second-order valence-corrected chi connectivity index (χ2v) is 9.16. The molecule has 1 amide bonds. The fourth-order valence-electron chi connectivity index (χ4n) is 5.17. The number of H-pyrrole nitrogens is 1. The van der Waals surface area contributed by atoms with Crippen LogP contribution < -0.4 is 10.2 Å². The van der Waals surface area contributed by atoms with Gasteiger partial charge >= 0.3 is 0 Å². The van der Waals surface area contributed by atoms with Gasteiger partial charge in [-0.05, 0) is 30.5 Å². The summed E-state index contributed by atoms with van der Waals surface area (Å²) in [4.78, 5) is 26.7. The Morgan fingerprint density at radius 2 is 2.09 bits per heavy atom. The molecule has 166 valence electrons. The molecule has 3 aromatic heterocycles. The van der Waals surface area contributed by atoms with Gasteiger partial charge in [0.2, 0.25) is 0 Å². The zero-order valence-corrected chi connectivity index (χ0v) is 17.7. The molecule has 2 fully saturated rings. The lowest BCUT2D eigenvalue weighted by Gasteiger charge is -2.20. The molecule has 32 heavy (non-hydrogen) atoms. The van der Waals surface area contributed by atoms with E-state index in [-0.39, 0.29) is 11.9 Å². The number of piperidine rings is 1. The first-order valence-electron chi connectivity index (χ1n) is 11.0. The number of nitrogens with zero attached hydrogens (tertiary/aromatic N) is 4. The minimum absolute atomic E-state index is 0.0506. The van der Waals surface area contributed by atoms with Gasteiger partial charge in [0.1, 0.15) is 5.82 Å². The van der Waals surface area contributed by atoms with Crippen molar-refractivity contribution >= 4 is 11.7 Å². The van der Waals surface area contributed by atoms with Crippen LogP contribution in [-0.2, 0) is 19.9 Å². The second kappa shape index (κ2) is 6.88. The Bertz CT molecular complexity index is 1170. The lowest BCUT2D eigenvalue weighted by Crippen LogP contribution is -2.27. The summed E-state index contributed by atoms with van der Waals surface area (Å²) < 4.78 is 28.8. The number of carbonyl (C=O) groups excluding carboxylic acids is 1. The minimum atomic E-state index is -2.48. The number of alkyl halides is 2. The summed E-state index contributed by atoms with van der Waals surface area (Å²) >= 11 is 0. The molecule has 3 aromatic rings. The average molecular weight is 438 g/mol. The van der Waals surface area contributed by atoms with Crippen LogP contribution in [0.1, 0.15) is 45.5 Å². The van der Waals surface area contributed by atoms with Crippen molar-refractivity contribution in [2.45, 2.75) is 31.2 Å². The first-order valence-corrected chi connectivity index (χ1v) is 11.0. The Hall–Kier alpha value is -3.23. The topological polar surface area (TPSA) is 78.8 Å². The number of halogens is 2. The molecule has 1 aliphatic heterocycles. The van der Waals surface area contributed by atoms with Crippen LogP contribution in [0.3, 0.4) is 0 Å². The van der Waals surface area contributed by atoms with Gasteiger partial charge in [-0.2, -0.15) is 0 Å². The first-order chi connectivity index (χ1) is 15.4. The van der Waals surface area contributed by atoms with Gasteiger partial charge in [0.05, 0.1) is 35.5 Å². The van der Waals surface area contributed by atoms with Crippen LogP contribution in [0.15, 0.2) is 36.9 Å². The number of hydrogen-bond donors (Lipinski definition) is 2. The van der Waals surface area contributed by atoms with Gasteiger partial charge in [0.25, 0.3) is 11.8 Å². The molecule has 0 spiro atoms. The number of fused-ring (bicyclic) bond motifs is 2. The normalized spacial score (nSPS) is 25.0. The van der Waals surface area contributed by atoms with Crippen LogP contribution in [0, 0.1) is 11.8 Å². The molecule has 0 radical (unpaired) electrons. The number of aromatic amines is 1. The Morgan fingerprint density at radius 3 is 2.84 bits per heavy atom. The molecule has 2 N–H and O–H groups in total. The van der Waals surface area contributed by atoms with Gasteiger partial charge in [-0.3, -0.25) is 4.79 Å². The summed E-state index contributed by atoms with van der Waals surface area (Å²) in [5.74, 6) is -2.88. The van der Waals surface area contributed by atoms with Crippen LogP contribution in [0.2, 0.25) is 0 Å². The molecule has 3 aliphatic rings. The number of imidazole rings is 1. The molecule has 0 bridgehead atoms. The molecule has 6 rings (SSSR count). The van der Waals surface area contributed by atoms with Gasteiger partial charge in [0, 0.05) is 50.3 Å². The van der Waals surface area contributed by atoms with Gasteiger partial charge in [-0.15, -0.1) is 0 Å². The van der Waals surface area contributed by atoms with E-state index in [1.807, 2.05) is 34.7 Å². The lowest BCUT2D eigenvalue weighted by molar-refractivity contribution is 0.0796. The summed E-state index contributed by atoms with van der Waals surface area (Å²) in [6.45, 7) is 0.750. The molecule has 0 aromatic carbocycles. The maximum atomic E-state index is 13.4. The van der Waals surface area contributed by atoms with Crippen LogP contribution in [0.5, 0.6) is 0 Å². The summed E-state index contributed by atoms with van der Waals surface area (Å²) in [7, 11) is 1.97. The molecule has 1 saturated heterocycles. The first kappa shape index (κ1) is 19.5. The zero-order valence-electron chi connectivity index (χ0n) is 17.7. The van der Waals surface area contributed by atoms with Crippen LogP contribution in [0.25, 0.3) is 0 Å². The SMILES string of the molecule is Cn1cnc2c1CC[C@H]2NC(=O)c1c[nH]c(Cc2ccc(N3CC4C(C3)C4(F)F)nc2)c1. The van der Waals surface area contributed by atoms with Crippen molar-refractivity contribution in [3.05, 3.63) is 65.1 Å². The number of rotatable bonds is 5. The van der Waals surface area contributed by atoms with Gasteiger partial charge in [-0.1, -0.05) is 6.07 Å². The Balaban J connectivity index is 1.07. The van der Waals surface area contributed by atoms with E-state index in [0.717, 1.165) is 35.6 Å². The highest BCUT2D eigenvalue weighted by Gasteiger charge is 2.71. The highest BCUT2D eigenvalue weighted by atomic mass is 19.3. The largest absolute Gasteiger partial charge is 0.364 e. The van der Waals surface area contributed by atoms with E-state index >= 15 is 0 Å². The summed E-state index contributed by atoms with van der Waals surface area (Å²) in [6.07, 6.45) is 7.68. The number of amides is 1. The third-order valence-corrected chi connectivity index (χ3v) is 7.13. The van der Waals surface area contributed by atoms with Crippen molar-refractivity contribution in [3.8, 4) is 0 Å². The molecule has 7 nitrogen and oxygen atoms in total. The molecule has 1 saturated carbocycles. The maximum absolute atomic E-state index is 13.4. The summed E-state index contributed by atoms with van der Waals surface area (Å²) in [5, 5.41) is 3.09. The fraction of sp³-hybridized carbons (Fsp3) is 0.435. The Kier molecular flexibility index (Phi) is 4.18. The maximum Gasteiger partial charge on any atom is 0.258 e. The van der Waals surface area contributed by atoms with Gasteiger partial charge in [0.15, 0.2) is 0 Å². The number of aromatic nitrogens is 4. The van der Waals surface area contributed by atoms with Crippen molar-refractivity contribution in [3.63, 3.8) is 0 Å². The van der Waals surface area contributed by atoms with Gasteiger partial charge < -0.3 is 19.8 Å². The van der Waals surface area contributed by atoms with Crippen molar-refractivity contribution in [1.29, 1.82) is 0 Å². The van der Waals surface area contributed by atoms with Crippen molar-refractivity contribution in [2.75, 3.05) is 18.0 Å². The number of carbonyl (C=O) groups is 1. The van der Waals surface area contributed by atoms with E-state index in [1.165, 1.54) is 5.69 Å². The molecule has 2 aliphatic carbocycles. The Labute approximate surface area is 183 Å². The molecular weight excluding hydrogens is 414 g/mol. The Morgan fingerprint density at radius 1 is 1.28 bits per heavy atom. The summed E-state index contributed by atoms with van der Waals surface area (Å²) in [6, 6.07) is 5.66. The lowest BCUT2D eigenvalue weighted by atomic mass is 10.1. The molecule has 3 atom stereocenters. The smallest absolute Gasteiger partial charge is 0.258 e. The number of nitrogens with one attached hydrogen (secondary N) is 2. The number of hydrogen-bond acceptors (Lipinski definition) is 4. The van der Waals surface area contributed by atoms with Crippen molar-refractivity contribution in [1.82, 2.24) is 24.8 Å². The molecular formula is C23H24F2N6O. The summed E-state index contributed by atoms with van der Waals surface area (Å²) in [5.41, 5.74) is 4.64. The third-order valence-electron chi connectivity index (χ3n) is 7.13. The quantitative estimate of drug-likeness (QED) is 0.642. The van der Waals surface area contributed by atoms with E-state index < -0.39 is 17.8 Å². The predicted molar refractivity (Wildman–Crippen MR) is 114 cm³/mol. The predicted octanol–water partition coefficient (Wildman–Crippen LogP) is 2.85. The van der Waals surface area contributed by atoms with E-state index in [9.17, 15) is 13.6 Å². The minimum Gasteiger partial charge on any atom is -0.364 e. The average Bonchev–Trinajstić information content (AvgIpc) is 3.41. The molecule has 4 heterocycles. The molecule has 9 heteroatoms. The number of anilines is 1. The van der Waals surface area contributed by atoms with Crippen molar-refractivity contribution < 1.29 is 13.6 Å².